The lowest BCUT2D eigenvalue weighted by Crippen LogP contribution is -2.33. The smallest absolute Gasteiger partial charge is 0.177 e. The van der Waals surface area contributed by atoms with Gasteiger partial charge in [0.1, 0.15) is 0 Å². The standard InChI is InChI=1S/C11H23N5O/c1-9(2)8-12-6-5-11(3,17)7-10-13-15-16(4)14-10/h9,12,17H,5-8H2,1-4H3. The molecule has 0 saturated heterocycles. The Kier molecular flexibility index (Phi) is 5.02. The Hall–Kier alpha value is -1.01. The van der Waals surface area contributed by atoms with Crippen LogP contribution in [0.25, 0.3) is 0 Å². The van der Waals surface area contributed by atoms with Crippen LogP contribution >= 0.6 is 0 Å². The Morgan fingerprint density at radius 1 is 1.47 bits per heavy atom. The molecule has 98 valence electrons. The van der Waals surface area contributed by atoms with Gasteiger partial charge in [-0.2, -0.15) is 4.80 Å². The third-order valence-corrected chi connectivity index (χ3v) is 2.48. The molecule has 1 rings (SSSR count). The summed E-state index contributed by atoms with van der Waals surface area (Å²) in [4.78, 5) is 1.41. The van der Waals surface area contributed by atoms with Crippen LogP contribution in [0.4, 0.5) is 0 Å². The molecule has 2 N–H and O–H groups in total. The van der Waals surface area contributed by atoms with E-state index in [2.05, 4.69) is 34.6 Å². The molecule has 0 spiro atoms. The number of nitrogens with one attached hydrogen (secondary N) is 1. The first-order valence-corrected chi connectivity index (χ1v) is 6.05. The lowest BCUT2D eigenvalue weighted by Gasteiger charge is -2.21. The maximum Gasteiger partial charge on any atom is 0.177 e. The first-order valence-electron chi connectivity index (χ1n) is 6.05. The van der Waals surface area contributed by atoms with Gasteiger partial charge in [0.25, 0.3) is 0 Å². The average molecular weight is 241 g/mol. The van der Waals surface area contributed by atoms with Gasteiger partial charge in [0, 0.05) is 6.42 Å². The molecule has 0 fully saturated rings. The van der Waals surface area contributed by atoms with Gasteiger partial charge in [-0.25, -0.2) is 0 Å². The summed E-state index contributed by atoms with van der Waals surface area (Å²) in [6.45, 7) is 7.90. The predicted molar refractivity (Wildman–Crippen MR) is 65.5 cm³/mol. The van der Waals surface area contributed by atoms with Gasteiger partial charge in [-0.05, 0) is 37.6 Å². The highest BCUT2D eigenvalue weighted by Crippen LogP contribution is 2.13. The van der Waals surface area contributed by atoms with E-state index in [1.54, 1.807) is 14.0 Å². The molecule has 0 amide bonds. The molecule has 17 heavy (non-hydrogen) atoms. The minimum atomic E-state index is -0.785. The van der Waals surface area contributed by atoms with Gasteiger partial charge in [0.15, 0.2) is 5.82 Å². The van der Waals surface area contributed by atoms with E-state index in [0.29, 0.717) is 24.6 Å². The molecule has 0 bridgehead atoms. The highest BCUT2D eigenvalue weighted by Gasteiger charge is 2.22. The van der Waals surface area contributed by atoms with Crippen molar-refractivity contribution >= 4 is 0 Å². The fourth-order valence-corrected chi connectivity index (χ4v) is 1.57. The molecule has 1 unspecified atom stereocenters. The summed E-state index contributed by atoms with van der Waals surface area (Å²) in [5.41, 5.74) is -0.785. The molecule has 6 nitrogen and oxygen atoms in total. The van der Waals surface area contributed by atoms with Crippen molar-refractivity contribution in [3.63, 3.8) is 0 Å². The number of aryl methyl sites for hydroxylation is 1. The van der Waals surface area contributed by atoms with E-state index in [4.69, 9.17) is 0 Å². The summed E-state index contributed by atoms with van der Waals surface area (Å²) in [7, 11) is 1.72. The SMILES string of the molecule is CC(C)CNCCC(C)(O)Cc1nnn(C)n1. The Bertz CT molecular complexity index is 334. The number of aromatic nitrogens is 4. The van der Waals surface area contributed by atoms with E-state index in [9.17, 15) is 5.11 Å². The van der Waals surface area contributed by atoms with Crippen LogP contribution in [-0.2, 0) is 13.5 Å². The van der Waals surface area contributed by atoms with Crippen LogP contribution in [0.2, 0.25) is 0 Å². The highest BCUT2D eigenvalue weighted by molar-refractivity contribution is 4.88. The van der Waals surface area contributed by atoms with Gasteiger partial charge in [0.2, 0.25) is 0 Å². The fraction of sp³-hybridized carbons (Fsp3) is 0.909. The maximum absolute atomic E-state index is 10.2. The van der Waals surface area contributed by atoms with Gasteiger partial charge in [-0.15, -0.1) is 10.2 Å². The second kappa shape index (κ2) is 6.07. The predicted octanol–water partition coefficient (Wildman–Crippen LogP) is 0.139. The Balaban J connectivity index is 2.30. The molecule has 1 aromatic heterocycles. The number of hydrogen-bond donors (Lipinski definition) is 2. The number of tetrazole rings is 1. The molecule has 1 heterocycles. The molecule has 0 aliphatic carbocycles. The van der Waals surface area contributed by atoms with Crippen molar-refractivity contribution in [1.82, 2.24) is 25.5 Å². The lowest BCUT2D eigenvalue weighted by molar-refractivity contribution is 0.0493. The summed E-state index contributed by atoms with van der Waals surface area (Å²) in [6, 6.07) is 0. The van der Waals surface area contributed by atoms with Crippen LogP contribution in [-0.4, -0.2) is 44.0 Å². The van der Waals surface area contributed by atoms with Gasteiger partial charge < -0.3 is 10.4 Å². The zero-order valence-electron chi connectivity index (χ0n) is 11.1. The van der Waals surface area contributed by atoms with Gasteiger partial charge >= 0.3 is 0 Å². The molecule has 0 saturated carbocycles. The van der Waals surface area contributed by atoms with Crippen molar-refractivity contribution in [3.05, 3.63) is 5.82 Å². The normalized spacial score (nSPS) is 15.2. The van der Waals surface area contributed by atoms with Gasteiger partial charge in [-0.3, -0.25) is 0 Å². The fourth-order valence-electron chi connectivity index (χ4n) is 1.57. The van der Waals surface area contributed by atoms with Crippen LogP contribution in [0.15, 0.2) is 0 Å². The number of aliphatic hydroxyl groups is 1. The molecule has 6 heteroatoms. The molecular formula is C11H23N5O. The molecule has 0 aliphatic heterocycles. The van der Waals surface area contributed by atoms with Crippen LogP contribution in [0.5, 0.6) is 0 Å². The van der Waals surface area contributed by atoms with Gasteiger partial charge in [0.05, 0.1) is 12.6 Å². The van der Waals surface area contributed by atoms with Crippen LogP contribution in [0, 0.1) is 5.92 Å². The monoisotopic (exact) mass is 241 g/mol. The van der Waals surface area contributed by atoms with E-state index >= 15 is 0 Å². The van der Waals surface area contributed by atoms with Crippen LogP contribution in [0.1, 0.15) is 33.0 Å². The van der Waals surface area contributed by atoms with Crippen molar-refractivity contribution in [2.75, 3.05) is 13.1 Å². The first kappa shape index (κ1) is 14.1. The molecule has 0 radical (unpaired) electrons. The molecule has 1 aromatic rings. The second-order valence-corrected chi connectivity index (χ2v) is 5.22. The van der Waals surface area contributed by atoms with Gasteiger partial charge in [-0.1, -0.05) is 13.8 Å². The van der Waals surface area contributed by atoms with Crippen molar-refractivity contribution in [1.29, 1.82) is 0 Å². The number of rotatable bonds is 7. The number of nitrogens with zero attached hydrogens (tertiary/aromatic N) is 4. The van der Waals surface area contributed by atoms with Crippen molar-refractivity contribution < 1.29 is 5.11 Å². The van der Waals surface area contributed by atoms with E-state index in [-0.39, 0.29) is 0 Å². The third-order valence-electron chi connectivity index (χ3n) is 2.48. The summed E-state index contributed by atoms with van der Waals surface area (Å²) in [5.74, 6) is 1.21. The maximum atomic E-state index is 10.2. The summed E-state index contributed by atoms with van der Waals surface area (Å²) in [6.07, 6.45) is 1.11. The minimum absolute atomic E-state index is 0.435. The largest absolute Gasteiger partial charge is 0.390 e. The average Bonchev–Trinajstić information content (AvgIpc) is 2.57. The quantitative estimate of drug-likeness (QED) is 0.664. The molecular weight excluding hydrogens is 218 g/mol. The van der Waals surface area contributed by atoms with E-state index in [1.807, 2.05) is 0 Å². The van der Waals surface area contributed by atoms with E-state index in [1.165, 1.54) is 4.80 Å². The topological polar surface area (TPSA) is 75.9 Å². The Morgan fingerprint density at radius 3 is 2.71 bits per heavy atom. The molecule has 0 aromatic carbocycles. The van der Waals surface area contributed by atoms with Crippen molar-refractivity contribution in [2.24, 2.45) is 13.0 Å². The summed E-state index contributed by atoms with van der Waals surface area (Å²) in [5, 5.41) is 25.2. The highest BCUT2D eigenvalue weighted by atomic mass is 16.3. The Morgan fingerprint density at radius 2 is 2.18 bits per heavy atom. The van der Waals surface area contributed by atoms with Crippen molar-refractivity contribution in [3.8, 4) is 0 Å². The molecule has 0 aliphatic rings. The summed E-state index contributed by atoms with van der Waals surface area (Å²) >= 11 is 0. The van der Waals surface area contributed by atoms with Crippen molar-refractivity contribution in [2.45, 2.75) is 39.2 Å². The first-order chi connectivity index (χ1) is 7.89. The Labute approximate surface area is 102 Å². The zero-order chi connectivity index (χ0) is 12.9. The third kappa shape index (κ3) is 5.74. The minimum Gasteiger partial charge on any atom is -0.390 e. The lowest BCUT2D eigenvalue weighted by atomic mass is 9.98. The summed E-state index contributed by atoms with van der Waals surface area (Å²) < 4.78 is 0. The molecule has 1 atom stereocenters. The van der Waals surface area contributed by atoms with Crippen LogP contribution in [0.3, 0.4) is 0 Å². The second-order valence-electron chi connectivity index (χ2n) is 5.22. The zero-order valence-corrected chi connectivity index (χ0v) is 11.1. The van der Waals surface area contributed by atoms with E-state index < -0.39 is 5.60 Å². The number of hydrogen-bond acceptors (Lipinski definition) is 5. The van der Waals surface area contributed by atoms with E-state index in [0.717, 1.165) is 13.1 Å². The van der Waals surface area contributed by atoms with Crippen LogP contribution < -0.4 is 5.32 Å².